The second kappa shape index (κ2) is 5.09. The van der Waals surface area contributed by atoms with Crippen LogP contribution in [0.25, 0.3) is 0 Å². The van der Waals surface area contributed by atoms with Gasteiger partial charge in [0.2, 0.25) is 5.91 Å². The van der Waals surface area contributed by atoms with Crippen LogP contribution < -0.4 is 4.90 Å². The summed E-state index contributed by atoms with van der Waals surface area (Å²) in [5, 5.41) is 0. The number of hydrogen-bond acceptors (Lipinski definition) is 3. The fraction of sp³-hybridized carbons (Fsp3) is 0.529. The second-order valence-corrected chi connectivity index (χ2v) is 6.34. The molecule has 1 aromatic carbocycles. The number of likely N-dealkylation sites (N-methyl/N-ethyl adjacent to an activating group) is 1. The zero-order valence-corrected chi connectivity index (χ0v) is 13.0. The van der Waals surface area contributed by atoms with Gasteiger partial charge in [-0.15, -0.1) is 0 Å². The quantitative estimate of drug-likeness (QED) is 0.815. The molecule has 116 valence electrons. The van der Waals surface area contributed by atoms with Gasteiger partial charge in [0.15, 0.2) is 0 Å². The van der Waals surface area contributed by atoms with Crippen LogP contribution in [0, 0.1) is 0 Å². The molecule has 1 fully saturated rings. The Labute approximate surface area is 130 Å². The molecule has 0 saturated carbocycles. The van der Waals surface area contributed by atoms with Crippen molar-refractivity contribution in [3.8, 4) is 0 Å². The summed E-state index contributed by atoms with van der Waals surface area (Å²) in [6, 6.07) is 3.95. The normalized spacial score (nSPS) is 20.7. The Morgan fingerprint density at radius 3 is 2.55 bits per heavy atom. The number of carbonyl (C=O) groups excluding carboxylic acids is 2. The molecule has 3 aliphatic rings. The third kappa shape index (κ3) is 2.03. The zero-order chi connectivity index (χ0) is 15.3. The fourth-order valence-corrected chi connectivity index (χ4v) is 3.86. The Morgan fingerprint density at radius 1 is 1.09 bits per heavy atom. The summed E-state index contributed by atoms with van der Waals surface area (Å²) in [5.74, 6) is 0.294. The van der Waals surface area contributed by atoms with Gasteiger partial charge in [0.05, 0.1) is 12.1 Å². The first-order chi connectivity index (χ1) is 10.7. The highest BCUT2D eigenvalue weighted by Crippen LogP contribution is 2.38. The van der Waals surface area contributed by atoms with Gasteiger partial charge in [0.1, 0.15) is 0 Å². The van der Waals surface area contributed by atoms with Crippen molar-refractivity contribution in [1.29, 1.82) is 0 Å². The van der Waals surface area contributed by atoms with Crippen LogP contribution >= 0.6 is 0 Å². The first-order valence-corrected chi connectivity index (χ1v) is 8.15. The van der Waals surface area contributed by atoms with Gasteiger partial charge >= 0.3 is 0 Å². The minimum Gasteiger partial charge on any atom is -0.336 e. The average Bonchev–Trinajstić information content (AvgIpc) is 3.11. The molecule has 0 aliphatic carbocycles. The lowest BCUT2D eigenvalue weighted by molar-refractivity contribution is -0.117. The highest BCUT2D eigenvalue weighted by molar-refractivity contribution is 6.05. The number of carbonyl (C=O) groups is 2. The topological polar surface area (TPSA) is 43.9 Å². The third-order valence-corrected chi connectivity index (χ3v) is 5.14. The van der Waals surface area contributed by atoms with Crippen LogP contribution in [0.1, 0.15) is 28.4 Å². The van der Waals surface area contributed by atoms with E-state index in [1.807, 2.05) is 21.9 Å². The molecule has 0 aromatic heterocycles. The number of nitrogens with zero attached hydrogens (tertiary/aromatic N) is 3. The van der Waals surface area contributed by atoms with Crippen LogP contribution in [0.2, 0.25) is 0 Å². The Morgan fingerprint density at radius 2 is 1.82 bits per heavy atom. The van der Waals surface area contributed by atoms with Crippen LogP contribution in [-0.4, -0.2) is 60.9 Å². The minimum absolute atomic E-state index is 0.118. The molecule has 22 heavy (non-hydrogen) atoms. The molecule has 0 N–H and O–H groups in total. The lowest BCUT2D eigenvalue weighted by Gasteiger charge is -2.34. The predicted octanol–water partition coefficient (Wildman–Crippen LogP) is 0.909. The maximum absolute atomic E-state index is 12.8. The number of amides is 2. The van der Waals surface area contributed by atoms with E-state index in [0.29, 0.717) is 6.42 Å². The van der Waals surface area contributed by atoms with Gasteiger partial charge in [-0.05, 0) is 36.2 Å². The first-order valence-electron chi connectivity index (χ1n) is 8.15. The van der Waals surface area contributed by atoms with Crippen LogP contribution in [0.3, 0.4) is 0 Å². The SMILES string of the molecule is CCN1CCN(C(=O)c2cc3c4c(c2)CC(=O)N4CC3)CC1. The Bertz CT molecular complexity index is 648. The molecular formula is C17H21N3O2. The van der Waals surface area contributed by atoms with Gasteiger partial charge in [-0.1, -0.05) is 6.92 Å². The molecule has 0 unspecified atom stereocenters. The van der Waals surface area contributed by atoms with Gasteiger partial charge in [-0.3, -0.25) is 9.59 Å². The van der Waals surface area contributed by atoms with Gasteiger partial charge in [0.25, 0.3) is 5.91 Å². The van der Waals surface area contributed by atoms with Crippen molar-refractivity contribution in [3.63, 3.8) is 0 Å². The van der Waals surface area contributed by atoms with Crippen molar-refractivity contribution in [2.24, 2.45) is 0 Å². The maximum Gasteiger partial charge on any atom is 0.253 e. The zero-order valence-electron chi connectivity index (χ0n) is 13.0. The van der Waals surface area contributed by atoms with Crippen LogP contribution in [0.4, 0.5) is 5.69 Å². The van der Waals surface area contributed by atoms with Crippen LogP contribution in [0.15, 0.2) is 12.1 Å². The van der Waals surface area contributed by atoms with Crippen molar-refractivity contribution < 1.29 is 9.59 Å². The van der Waals surface area contributed by atoms with E-state index in [9.17, 15) is 9.59 Å². The predicted molar refractivity (Wildman–Crippen MR) is 84.2 cm³/mol. The molecule has 1 aromatic rings. The van der Waals surface area contributed by atoms with E-state index < -0.39 is 0 Å². The molecule has 0 radical (unpaired) electrons. The first kappa shape index (κ1) is 13.8. The average molecular weight is 299 g/mol. The highest BCUT2D eigenvalue weighted by atomic mass is 16.2. The molecule has 5 heteroatoms. The molecular weight excluding hydrogens is 278 g/mol. The third-order valence-electron chi connectivity index (χ3n) is 5.14. The standard InChI is InChI=1S/C17H21N3O2/c1-2-18-5-7-19(8-6-18)17(22)14-9-12-3-4-20-15(21)11-13(10-14)16(12)20/h9-10H,2-8,11H2,1H3. The lowest BCUT2D eigenvalue weighted by atomic mass is 10.0. The molecule has 2 amide bonds. The minimum atomic E-state index is 0.118. The molecule has 3 heterocycles. The number of anilines is 1. The van der Waals surface area contributed by atoms with Crippen LogP contribution in [-0.2, 0) is 17.6 Å². The summed E-state index contributed by atoms with van der Waals surface area (Å²) < 4.78 is 0. The number of benzene rings is 1. The lowest BCUT2D eigenvalue weighted by Crippen LogP contribution is -2.48. The maximum atomic E-state index is 12.8. The van der Waals surface area contributed by atoms with Crippen molar-refractivity contribution >= 4 is 17.5 Å². The van der Waals surface area contributed by atoms with Crippen molar-refractivity contribution in [2.75, 3.05) is 44.2 Å². The van der Waals surface area contributed by atoms with Gasteiger partial charge in [-0.25, -0.2) is 0 Å². The van der Waals surface area contributed by atoms with E-state index in [4.69, 9.17) is 0 Å². The molecule has 0 bridgehead atoms. The van der Waals surface area contributed by atoms with Crippen molar-refractivity contribution in [3.05, 3.63) is 28.8 Å². The smallest absolute Gasteiger partial charge is 0.253 e. The van der Waals surface area contributed by atoms with Gasteiger partial charge < -0.3 is 14.7 Å². The number of piperazine rings is 1. The summed E-state index contributed by atoms with van der Waals surface area (Å²) in [5.41, 5.74) is 4.04. The van der Waals surface area contributed by atoms with Crippen molar-refractivity contribution in [1.82, 2.24) is 9.80 Å². The molecule has 3 aliphatic heterocycles. The monoisotopic (exact) mass is 299 g/mol. The summed E-state index contributed by atoms with van der Waals surface area (Å²) in [7, 11) is 0. The van der Waals surface area contributed by atoms with E-state index in [1.54, 1.807) is 0 Å². The number of hydrogen-bond donors (Lipinski definition) is 0. The largest absolute Gasteiger partial charge is 0.336 e. The van der Waals surface area contributed by atoms with Gasteiger partial charge in [0, 0.05) is 38.3 Å². The molecule has 1 saturated heterocycles. The summed E-state index contributed by atoms with van der Waals surface area (Å²) in [6.07, 6.45) is 1.33. The molecule has 4 rings (SSSR count). The van der Waals surface area contributed by atoms with E-state index in [-0.39, 0.29) is 11.8 Å². The summed E-state index contributed by atoms with van der Waals surface area (Å²) in [4.78, 5) is 30.9. The summed E-state index contributed by atoms with van der Waals surface area (Å²) >= 11 is 0. The van der Waals surface area contributed by atoms with E-state index in [2.05, 4.69) is 11.8 Å². The Hall–Kier alpha value is -1.88. The molecule has 0 atom stereocenters. The van der Waals surface area contributed by atoms with Crippen molar-refractivity contribution in [2.45, 2.75) is 19.8 Å². The Balaban J connectivity index is 1.58. The van der Waals surface area contributed by atoms with Gasteiger partial charge in [-0.2, -0.15) is 0 Å². The highest BCUT2D eigenvalue weighted by Gasteiger charge is 2.35. The van der Waals surface area contributed by atoms with E-state index in [0.717, 1.165) is 62.5 Å². The summed E-state index contributed by atoms with van der Waals surface area (Å²) in [6.45, 7) is 7.46. The fourth-order valence-electron chi connectivity index (χ4n) is 3.86. The second-order valence-electron chi connectivity index (χ2n) is 6.34. The van der Waals surface area contributed by atoms with Crippen LogP contribution in [0.5, 0.6) is 0 Å². The molecule has 0 spiro atoms. The van der Waals surface area contributed by atoms with E-state index in [1.165, 1.54) is 5.56 Å². The van der Waals surface area contributed by atoms with E-state index >= 15 is 0 Å². The molecule has 5 nitrogen and oxygen atoms in total. The number of rotatable bonds is 2. The Kier molecular flexibility index (Phi) is 3.18.